The quantitative estimate of drug-likeness (QED) is 0.292. The van der Waals surface area contributed by atoms with E-state index in [0.717, 1.165) is 22.5 Å². The maximum Gasteiger partial charge on any atom is 0.337 e. The van der Waals surface area contributed by atoms with Gasteiger partial charge in [0, 0.05) is 29.1 Å². The molecular formula is C27H22N4O3. The summed E-state index contributed by atoms with van der Waals surface area (Å²) in [5, 5.41) is 6.07. The van der Waals surface area contributed by atoms with Gasteiger partial charge in [-0.15, -0.1) is 0 Å². The van der Waals surface area contributed by atoms with E-state index < -0.39 is 5.97 Å². The lowest BCUT2D eigenvalue weighted by Crippen LogP contribution is -2.07. The van der Waals surface area contributed by atoms with Crippen LogP contribution in [-0.4, -0.2) is 29.0 Å². The molecule has 4 rings (SSSR count). The van der Waals surface area contributed by atoms with E-state index in [4.69, 9.17) is 0 Å². The van der Waals surface area contributed by atoms with Gasteiger partial charge in [-0.3, -0.25) is 4.79 Å². The van der Waals surface area contributed by atoms with Gasteiger partial charge >= 0.3 is 5.97 Å². The Morgan fingerprint density at radius 3 is 2.26 bits per heavy atom. The van der Waals surface area contributed by atoms with Crippen LogP contribution in [0.1, 0.15) is 15.9 Å². The fourth-order valence-electron chi connectivity index (χ4n) is 3.18. The molecule has 0 radical (unpaired) electrons. The minimum absolute atomic E-state index is 0.263. The molecule has 0 saturated carbocycles. The number of hydrogen-bond acceptors (Lipinski definition) is 6. The topological polar surface area (TPSA) is 93.2 Å². The maximum absolute atomic E-state index is 12.3. The molecule has 7 heteroatoms. The molecule has 7 nitrogen and oxygen atoms in total. The smallest absolute Gasteiger partial charge is 0.337 e. The van der Waals surface area contributed by atoms with Crippen molar-refractivity contribution in [1.82, 2.24) is 9.97 Å². The standard InChI is InChI=1S/C27H22N4O3/c1-34-27(33)21-10-7-19(8-11-21)9-16-26(32)31-23-14-12-22(13-15-23)30-25-17-24(28-18-29-25)20-5-3-2-4-6-20/h2-18H,1H3,(H,31,32)(H,28,29,30)/b16-9+. The Morgan fingerprint density at radius 2 is 1.56 bits per heavy atom. The van der Waals surface area contributed by atoms with Gasteiger partial charge in [-0.2, -0.15) is 0 Å². The van der Waals surface area contributed by atoms with Gasteiger partial charge in [0.05, 0.1) is 18.4 Å². The third kappa shape index (κ3) is 5.92. The Kier molecular flexibility index (Phi) is 7.05. The molecule has 0 unspecified atom stereocenters. The van der Waals surface area contributed by atoms with E-state index in [1.54, 1.807) is 42.5 Å². The van der Waals surface area contributed by atoms with Gasteiger partial charge in [-0.1, -0.05) is 42.5 Å². The van der Waals surface area contributed by atoms with Crippen molar-refractivity contribution >= 4 is 35.1 Å². The van der Waals surface area contributed by atoms with Crippen LogP contribution >= 0.6 is 0 Å². The van der Waals surface area contributed by atoms with Crippen molar-refractivity contribution in [2.24, 2.45) is 0 Å². The van der Waals surface area contributed by atoms with E-state index in [1.807, 2.05) is 48.5 Å². The molecule has 0 bridgehead atoms. The lowest BCUT2D eigenvalue weighted by molar-refractivity contribution is -0.111. The van der Waals surface area contributed by atoms with Gasteiger partial charge in [-0.25, -0.2) is 14.8 Å². The minimum Gasteiger partial charge on any atom is -0.465 e. The summed E-state index contributed by atoms with van der Waals surface area (Å²) in [6.07, 6.45) is 4.63. The van der Waals surface area contributed by atoms with Crippen LogP contribution in [0.4, 0.5) is 17.2 Å². The summed E-state index contributed by atoms with van der Waals surface area (Å²) < 4.78 is 4.67. The van der Waals surface area contributed by atoms with E-state index in [9.17, 15) is 9.59 Å². The van der Waals surface area contributed by atoms with E-state index in [1.165, 1.54) is 19.5 Å². The lowest BCUT2D eigenvalue weighted by atomic mass is 10.1. The molecule has 0 aliphatic heterocycles. The third-order valence-electron chi connectivity index (χ3n) is 4.92. The highest BCUT2D eigenvalue weighted by molar-refractivity contribution is 6.02. The number of methoxy groups -OCH3 is 1. The number of nitrogens with zero attached hydrogens (tertiary/aromatic N) is 2. The first-order valence-corrected chi connectivity index (χ1v) is 10.5. The van der Waals surface area contributed by atoms with Crippen molar-refractivity contribution in [3.05, 3.63) is 108 Å². The third-order valence-corrected chi connectivity index (χ3v) is 4.92. The van der Waals surface area contributed by atoms with E-state index >= 15 is 0 Å². The van der Waals surface area contributed by atoms with Crippen LogP contribution in [0.3, 0.4) is 0 Å². The number of nitrogens with one attached hydrogen (secondary N) is 2. The summed E-state index contributed by atoms with van der Waals surface area (Å²) in [7, 11) is 1.33. The minimum atomic E-state index is -0.400. The number of aromatic nitrogens is 2. The van der Waals surface area contributed by atoms with Gasteiger partial charge in [0.15, 0.2) is 0 Å². The second-order valence-corrected chi connectivity index (χ2v) is 7.29. The van der Waals surface area contributed by atoms with Gasteiger partial charge in [0.2, 0.25) is 5.91 Å². The van der Waals surface area contributed by atoms with Crippen LogP contribution < -0.4 is 10.6 Å². The van der Waals surface area contributed by atoms with Crippen LogP contribution in [0.25, 0.3) is 17.3 Å². The number of esters is 1. The molecule has 0 fully saturated rings. The normalized spacial score (nSPS) is 10.6. The first-order valence-electron chi connectivity index (χ1n) is 10.5. The maximum atomic E-state index is 12.3. The number of rotatable bonds is 7. The fourth-order valence-corrected chi connectivity index (χ4v) is 3.18. The largest absolute Gasteiger partial charge is 0.465 e. The number of carbonyl (C=O) groups excluding carboxylic acids is 2. The second-order valence-electron chi connectivity index (χ2n) is 7.29. The first kappa shape index (κ1) is 22.4. The van der Waals surface area contributed by atoms with Crippen LogP contribution in [0.2, 0.25) is 0 Å². The number of hydrogen-bond donors (Lipinski definition) is 2. The van der Waals surface area contributed by atoms with Crippen LogP contribution in [0.5, 0.6) is 0 Å². The van der Waals surface area contributed by atoms with E-state index in [2.05, 4.69) is 25.3 Å². The molecule has 0 atom stereocenters. The molecule has 1 aromatic heterocycles. The highest BCUT2D eigenvalue weighted by Crippen LogP contribution is 2.22. The zero-order valence-electron chi connectivity index (χ0n) is 18.4. The van der Waals surface area contributed by atoms with E-state index in [-0.39, 0.29) is 5.91 Å². The summed E-state index contributed by atoms with van der Waals surface area (Å²) in [4.78, 5) is 32.3. The van der Waals surface area contributed by atoms with Gasteiger partial charge in [0.25, 0.3) is 0 Å². The van der Waals surface area contributed by atoms with E-state index in [0.29, 0.717) is 17.1 Å². The molecular weight excluding hydrogens is 428 g/mol. The number of amides is 1. The molecule has 34 heavy (non-hydrogen) atoms. The zero-order chi connectivity index (χ0) is 23.8. The van der Waals surface area contributed by atoms with Crippen molar-refractivity contribution in [3.63, 3.8) is 0 Å². The highest BCUT2D eigenvalue weighted by Gasteiger charge is 2.05. The molecule has 0 aliphatic carbocycles. The number of ether oxygens (including phenoxy) is 1. The Hall–Kier alpha value is -4.78. The summed E-state index contributed by atoms with van der Waals surface area (Å²) in [6, 6.07) is 25.9. The highest BCUT2D eigenvalue weighted by atomic mass is 16.5. The average molecular weight is 450 g/mol. The summed E-state index contributed by atoms with van der Waals surface area (Å²) in [5.41, 5.74) is 4.58. The van der Waals surface area contributed by atoms with Crippen molar-refractivity contribution in [1.29, 1.82) is 0 Å². The van der Waals surface area contributed by atoms with Crippen molar-refractivity contribution < 1.29 is 14.3 Å². The molecule has 0 saturated heterocycles. The predicted octanol–water partition coefficient (Wildman–Crippen LogP) is 5.33. The molecule has 0 aliphatic rings. The number of anilines is 3. The summed E-state index contributed by atoms with van der Waals surface area (Å²) in [6.45, 7) is 0. The Labute approximate surface area is 197 Å². The van der Waals surface area contributed by atoms with Crippen LogP contribution in [0.15, 0.2) is 97.3 Å². The first-order chi connectivity index (χ1) is 16.6. The molecule has 0 spiro atoms. The van der Waals surface area contributed by atoms with Crippen molar-refractivity contribution in [3.8, 4) is 11.3 Å². The van der Waals surface area contributed by atoms with Gasteiger partial charge in [0.1, 0.15) is 12.1 Å². The van der Waals surface area contributed by atoms with Crippen LogP contribution in [-0.2, 0) is 9.53 Å². The fraction of sp³-hybridized carbons (Fsp3) is 0.0370. The Bertz CT molecular complexity index is 1300. The zero-order valence-corrected chi connectivity index (χ0v) is 18.4. The lowest BCUT2D eigenvalue weighted by Gasteiger charge is -2.08. The molecule has 1 heterocycles. The summed E-state index contributed by atoms with van der Waals surface area (Å²) in [5.74, 6) is 0.00963. The Morgan fingerprint density at radius 1 is 0.853 bits per heavy atom. The molecule has 3 aromatic carbocycles. The average Bonchev–Trinajstić information content (AvgIpc) is 2.89. The van der Waals surface area contributed by atoms with Gasteiger partial charge < -0.3 is 15.4 Å². The predicted molar refractivity (Wildman–Crippen MR) is 133 cm³/mol. The van der Waals surface area contributed by atoms with Crippen molar-refractivity contribution in [2.75, 3.05) is 17.7 Å². The molecule has 1 amide bonds. The Balaban J connectivity index is 1.34. The monoisotopic (exact) mass is 450 g/mol. The molecule has 168 valence electrons. The van der Waals surface area contributed by atoms with Crippen LogP contribution in [0, 0.1) is 0 Å². The molecule has 2 N–H and O–H groups in total. The SMILES string of the molecule is COC(=O)c1ccc(/C=C/C(=O)Nc2ccc(Nc3cc(-c4ccccc4)ncn3)cc2)cc1. The number of carbonyl (C=O) groups is 2. The van der Waals surface area contributed by atoms with Crippen molar-refractivity contribution in [2.45, 2.75) is 0 Å². The molecule has 4 aromatic rings. The summed E-state index contributed by atoms with van der Waals surface area (Å²) >= 11 is 0. The van der Waals surface area contributed by atoms with Gasteiger partial charge in [-0.05, 0) is 48.0 Å². The number of benzene rings is 3. The second kappa shape index (κ2) is 10.7.